The molecule has 0 spiro atoms. The molecular weight excluding hydrogens is 196 g/mol. The predicted molar refractivity (Wildman–Crippen MR) is 69.6 cm³/mol. The molecule has 0 amide bonds. The number of rotatable bonds is 5. The fourth-order valence-electron chi connectivity index (χ4n) is 0.792. The summed E-state index contributed by atoms with van der Waals surface area (Å²) in [6.07, 6.45) is 11.6. The van der Waals surface area contributed by atoms with E-state index < -0.39 is 6.10 Å². The van der Waals surface area contributed by atoms with E-state index in [0.29, 0.717) is 6.42 Å². The molecule has 0 rings (SSSR count). The molecule has 16 heavy (non-hydrogen) atoms. The highest BCUT2D eigenvalue weighted by molar-refractivity contribution is 5.32. The summed E-state index contributed by atoms with van der Waals surface area (Å²) < 4.78 is 0. The zero-order valence-corrected chi connectivity index (χ0v) is 9.74. The van der Waals surface area contributed by atoms with E-state index in [0.717, 1.165) is 12.8 Å². The summed E-state index contributed by atoms with van der Waals surface area (Å²) in [4.78, 5) is 0. The van der Waals surface area contributed by atoms with Crippen LogP contribution in [0.3, 0.4) is 0 Å². The maximum Gasteiger partial charge on any atom is 0.115 e. The van der Waals surface area contributed by atoms with Gasteiger partial charge >= 0.3 is 0 Å². The summed E-state index contributed by atoms with van der Waals surface area (Å²) in [6, 6.07) is 0. The van der Waals surface area contributed by atoms with E-state index in [1.165, 1.54) is 0 Å². The lowest BCUT2D eigenvalue weighted by Crippen LogP contribution is -1.98. The molecule has 0 aromatic rings. The lowest BCUT2D eigenvalue weighted by atomic mass is 10.3. The van der Waals surface area contributed by atoms with Gasteiger partial charge in [-0.15, -0.1) is 6.58 Å². The van der Waals surface area contributed by atoms with Crippen molar-refractivity contribution in [3.63, 3.8) is 0 Å². The van der Waals surface area contributed by atoms with Gasteiger partial charge in [0.1, 0.15) is 6.10 Å². The summed E-state index contributed by atoms with van der Waals surface area (Å²) in [6.45, 7) is 5.52. The van der Waals surface area contributed by atoms with Crippen LogP contribution in [-0.2, 0) is 0 Å². The molecule has 1 heteroatoms. The molecule has 0 heterocycles. The van der Waals surface area contributed by atoms with Gasteiger partial charge < -0.3 is 5.11 Å². The van der Waals surface area contributed by atoms with Crippen molar-refractivity contribution in [2.45, 2.75) is 32.3 Å². The highest BCUT2D eigenvalue weighted by Gasteiger charge is 1.88. The largest absolute Gasteiger partial charge is 0.380 e. The fourth-order valence-corrected chi connectivity index (χ4v) is 0.792. The van der Waals surface area contributed by atoms with Crippen LogP contribution in [-0.4, -0.2) is 11.2 Å². The normalized spacial score (nSPS) is 11.6. The molecule has 0 bridgehead atoms. The van der Waals surface area contributed by atoms with Crippen molar-refractivity contribution in [2.24, 2.45) is 0 Å². The SMILES string of the molecule is C=CCC/C=C/C=C/C#CC#CC(O)CC. The van der Waals surface area contributed by atoms with Gasteiger partial charge in [0.05, 0.1) is 0 Å². The molecule has 1 N–H and O–H groups in total. The molecule has 0 aliphatic carbocycles. The highest BCUT2D eigenvalue weighted by Crippen LogP contribution is 1.90. The van der Waals surface area contributed by atoms with E-state index in [4.69, 9.17) is 5.11 Å². The second-order valence-electron chi connectivity index (χ2n) is 3.12. The molecule has 0 aliphatic heterocycles. The zero-order valence-electron chi connectivity index (χ0n) is 9.74. The van der Waals surface area contributed by atoms with Gasteiger partial charge in [-0.05, 0) is 37.2 Å². The minimum Gasteiger partial charge on any atom is -0.380 e. The molecule has 1 unspecified atom stereocenters. The number of hydrogen-bond acceptors (Lipinski definition) is 1. The molecule has 0 aromatic heterocycles. The molecule has 0 saturated carbocycles. The lowest BCUT2D eigenvalue weighted by Gasteiger charge is -1.91. The summed E-state index contributed by atoms with van der Waals surface area (Å²) >= 11 is 0. The summed E-state index contributed by atoms with van der Waals surface area (Å²) in [5.41, 5.74) is 0. The average Bonchev–Trinajstić information content (AvgIpc) is 2.31. The quantitative estimate of drug-likeness (QED) is 0.323. The fraction of sp³-hybridized carbons (Fsp3) is 0.333. The molecule has 0 aliphatic rings. The number of allylic oxidation sites excluding steroid dienone is 5. The Morgan fingerprint density at radius 2 is 2.06 bits per heavy atom. The Balaban J connectivity index is 3.81. The summed E-state index contributed by atoms with van der Waals surface area (Å²) in [5.74, 6) is 10.6. The standard InChI is InChI=1S/C15H18O/c1-3-5-6-7-8-9-10-11-12-13-14-15(16)4-2/h3,7-10,15-16H,1,4-6H2,2H3/b8-7+,10-9+. The third-order valence-electron chi connectivity index (χ3n) is 1.72. The highest BCUT2D eigenvalue weighted by atomic mass is 16.3. The Labute approximate surface area is 98.6 Å². The van der Waals surface area contributed by atoms with Crippen molar-refractivity contribution in [1.82, 2.24) is 0 Å². The molecular formula is C15H18O. The lowest BCUT2D eigenvalue weighted by molar-refractivity contribution is 0.228. The number of aliphatic hydroxyl groups excluding tert-OH is 1. The topological polar surface area (TPSA) is 20.2 Å². The van der Waals surface area contributed by atoms with Gasteiger partial charge in [0.2, 0.25) is 0 Å². The van der Waals surface area contributed by atoms with Gasteiger partial charge in [0, 0.05) is 0 Å². The van der Waals surface area contributed by atoms with Crippen molar-refractivity contribution in [2.75, 3.05) is 0 Å². The number of hydrogen-bond donors (Lipinski definition) is 1. The number of unbranched alkanes of at least 4 members (excludes halogenated alkanes) is 1. The van der Waals surface area contributed by atoms with Gasteiger partial charge in [-0.2, -0.15) is 0 Å². The van der Waals surface area contributed by atoms with Crippen molar-refractivity contribution in [1.29, 1.82) is 0 Å². The van der Waals surface area contributed by atoms with E-state index in [-0.39, 0.29) is 0 Å². The predicted octanol–water partition coefficient (Wildman–Crippen LogP) is 2.84. The van der Waals surface area contributed by atoms with Gasteiger partial charge in [0.15, 0.2) is 0 Å². The van der Waals surface area contributed by atoms with Crippen LogP contribution < -0.4 is 0 Å². The molecule has 84 valence electrons. The molecule has 0 aromatic carbocycles. The van der Waals surface area contributed by atoms with Crippen LogP contribution in [0.5, 0.6) is 0 Å². The van der Waals surface area contributed by atoms with Gasteiger partial charge in [0.25, 0.3) is 0 Å². The van der Waals surface area contributed by atoms with E-state index in [1.54, 1.807) is 6.08 Å². The average molecular weight is 214 g/mol. The maximum atomic E-state index is 9.10. The van der Waals surface area contributed by atoms with Crippen molar-refractivity contribution < 1.29 is 5.11 Å². The molecule has 1 atom stereocenters. The second-order valence-corrected chi connectivity index (χ2v) is 3.12. The third kappa shape index (κ3) is 10.4. The van der Waals surface area contributed by atoms with Gasteiger partial charge in [-0.25, -0.2) is 0 Å². The monoisotopic (exact) mass is 214 g/mol. The Morgan fingerprint density at radius 1 is 1.25 bits per heavy atom. The van der Waals surface area contributed by atoms with E-state index in [9.17, 15) is 0 Å². The molecule has 0 saturated heterocycles. The van der Waals surface area contributed by atoms with Crippen LogP contribution in [0.4, 0.5) is 0 Å². The first-order valence-electron chi connectivity index (χ1n) is 5.43. The van der Waals surface area contributed by atoms with E-state index in [1.807, 2.05) is 25.2 Å². The molecule has 0 fully saturated rings. The number of aliphatic hydroxyl groups is 1. The van der Waals surface area contributed by atoms with Crippen LogP contribution >= 0.6 is 0 Å². The summed E-state index contributed by atoms with van der Waals surface area (Å²) in [7, 11) is 0. The Kier molecular flexibility index (Phi) is 10.2. The van der Waals surface area contributed by atoms with Gasteiger partial charge in [-0.3, -0.25) is 0 Å². The van der Waals surface area contributed by atoms with Gasteiger partial charge in [-0.1, -0.05) is 43.1 Å². The maximum absolute atomic E-state index is 9.10. The van der Waals surface area contributed by atoms with Crippen molar-refractivity contribution in [3.05, 3.63) is 37.0 Å². The first-order chi connectivity index (χ1) is 7.81. The smallest absolute Gasteiger partial charge is 0.115 e. The Bertz CT molecular complexity index is 352. The van der Waals surface area contributed by atoms with Crippen LogP contribution in [0, 0.1) is 23.7 Å². The minimum absolute atomic E-state index is 0.558. The van der Waals surface area contributed by atoms with E-state index >= 15 is 0 Å². The van der Waals surface area contributed by atoms with Crippen LogP contribution in [0.1, 0.15) is 26.2 Å². The first kappa shape index (κ1) is 14.3. The Morgan fingerprint density at radius 3 is 2.75 bits per heavy atom. The van der Waals surface area contributed by atoms with Crippen LogP contribution in [0.2, 0.25) is 0 Å². The molecule has 1 nitrogen and oxygen atoms in total. The van der Waals surface area contributed by atoms with Crippen LogP contribution in [0.25, 0.3) is 0 Å². The second kappa shape index (κ2) is 11.4. The summed E-state index contributed by atoms with van der Waals surface area (Å²) in [5, 5.41) is 9.10. The first-order valence-corrected chi connectivity index (χ1v) is 5.43. The van der Waals surface area contributed by atoms with Crippen LogP contribution in [0.15, 0.2) is 37.0 Å². The zero-order chi connectivity index (χ0) is 12.1. The molecule has 0 radical (unpaired) electrons. The minimum atomic E-state index is -0.558. The Hall–Kier alpha value is -1.70. The van der Waals surface area contributed by atoms with E-state index in [2.05, 4.69) is 36.3 Å². The van der Waals surface area contributed by atoms with Crippen molar-refractivity contribution >= 4 is 0 Å². The van der Waals surface area contributed by atoms with Crippen molar-refractivity contribution in [3.8, 4) is 23.7 Å². The third-order valence-corrected chi connectivity index (χ3v) is 1.72.